The van der Waals surface area contributed by atoms with Crippen LogP contribution < -0.4 is 33.8 Å². The SMILES string of the molecule is C=CCc1cc(/C=c2\sc3n(c2=O)[C@@H](c2ccc(OCC)c(OCC)c2)C(C(=O)OC)=CN=3)cc(OCC)c1OCc1ccccc1F. The zero-order valence-corrected chi connectivity index (χ0v) is 28.1. The Labute approximate surface area is 281 Å². The Balaban J connectivity index is 1.62. The van der Waals surface area contributed by atoms with Crippen molar-refractivity contribution in [2.75, 3.05) is 26.9 Å². The largest absolute Gasteiger partial charge is 0.490 e. The molecular formula is C37H37FN2O7S. The van der Waals surface area contributed by atoms with E-state index in [2.05, 4.69) is 11.6 Å². The van der Waals surface area contributed by atoms with Crippen molar-refractivity contribution >= 4 is 23.4 Å². The summed E-state index contributed by atoms with van der Waals surface area (Å²) in [5, 5.41) is 0. The molecule has 0 fully saturated rings. The molecule has 0 bridgehead atoms. The van der Waals surface area contributed by atoms with Gasteiger partial charge in [-0.25, -0.2) is 14.2 Å². The summed E-state index contributed by atoms with van der Waals surface area (Å²) in [7, 11) is 1.29. The maximum absolute atomic E-state index is 14.3. The number of hydrogen-bond donors (Lipinski definition) is 0. The van der Waals surface area contributed by atoms with Gasteiger partial charge >= 0.3 is 5.97 Å². The Bertz CT molecular complexity index is 2030. The standard InChI is InChI=1S/C37H37FN2O7S/c1-6-12-25-17-23(18-31(46-9-4)34(25)47-22-26-13-10-11-14-28(26)38)19-32-35(41)40-33(27(36(42)43-5)21-39-37(40)48-32)24-15-16-29(44-7-2)30(20-24)45-8-3/h6,10-11,13-21,33H,1,7-9,12,22H2,2-5H3/b32-19-/t33-/m0/s1. The first-order chi connectivity index (χ1) is 23.3. The van der Waals surface area contributed by atoms with Crippen LogP contribution >= 0.6 is 11.3 Å². The average Bonchev–Trinajstić information content (AvgIpc) is 3.40. The van der Waals surface area contributed by atoms with E-state index in [0.29, 0.717) is 75.3 Å². The lowest BCUT2D eigenvalue weighted by molar-refractivity contribution is -0.136. The number of methoxy groups -OCH3 is 1. The molecule has 9 nitrogen and oxygen atoms in total. The second-order valence-electron chi connectivity index (χ2n) is 10.6. The number of benzene rings is 3. The molecule has 4 aromatic rings. The second-order valence-corrected chi connectivity index (χ2v) is 11.6. The molecule has 2 heterocycles. The molecule has 250 valence electrons. The molecule has 0 spiro atoms. The Morgan fingerprint density at radius 2 is 1.69 bits per heavy atom. The monoisotopic (exact) mass is 672 g/mol. The number of hydrogen-bond acceptors (Lipinski definition) is 9. The first-order valence-electron chi connectivity index (χ1n) is 15.6. The molecule has 1 atom stereocenters. The molecule has 0 unspecified atom stereocenters. The van der Waals surface area contributed by atoms with Crippen molar-refractivity contribution in [1.29, 1.82) is 0 Å². The van der Waals surface area contributed by atoms with E-state index >= 15 is 0 Å². The molecule has 3 aromatic carbocycles. The number of aromatic nitrogens is 1. The average molecular weight is 673 g/mol. The van der Waals surface area contributed by atoms with Crippen molar-refractivity contribution in [2.45, 2.75) is 39.8 Å². The van der Waals surface area contributed by atoms with Crippen molar-refractivity contribution in [3.63, 3.8) is 0 Å². The molecule has 0 saturated carbocycles. The number of thiazole rings is 1. The molecule has 0 radical (unpaired) electrons. The summed E-state index contributed by atoms with van der Waals surface area (Å²) in [5.74, 6) is 1.02. The van der Waals surface area contributed by atoms with Gasteiger partial charge in [0.25, 0.3) is 5.56 Å². The Morgan fingerprint density at radius 3 is 2.40 bits per heavy atom. The predicted molar refractivity (Wildman–Crippen MR) is 182 cm³/mol. The number of fused-ring (bicyclic) bond motifs is 1. The molecule has 0 saturated heterocycles. The highest BCUT2D eigenvalue weighted by atomic mass is 32.1. The lowest BCUT2D eigenvalue weighted by Crippen LogP contribution is -2.39. The molecule has 0 aliphatic carbocycles. The van der Waals surface area contributed by atoms with Gasteiger partial charge in [0.05, 0.1) is 43.1 Å². The van der Waals surface area contributed by atoms with E-state index in [9.17, 15) is 14.0 Å². The summed E-state index contributed by atoms with van der Waals surface area (Å²) in [6.07, 6.45) is 5.38. The van der Waals surface area contributed by atoms with Gasteiger partial charge in [-0.1, -0.05) is 41.7 Å². The van der Waals surface area contributed by atoms with Crippen LogP contribution in [0.15, 0.2) is 88.8 Å². The fraction of sp³-hybridized carbons (Fsp3) is 0.270. The fourth-order valence-electron chi connectivity index (χ4n) is 5.40. The number of halogens is 1. The van der Waals surface area contributed by atoms with E-state index in [1.165, 1.54) is 35.3 Å². The van der Waals surface area contributed by atoms with E-state index in [-0.39, 0.29) is 23.6 Å². The van der Waals surface area contributed by atoms with Gasteiger partial charge < -0.3 is 23.7 Å². The smallest absolute Gasteiger partial charge is 0.337 e. The van der Waals surface area contributed by atoms with Crippen LogP contribution in [0.1, 0.15) is 49.1 Å². The van der Waals surface area contributed by atoms with Gasteiger partial charge in [0.15, 0.2) is 27.8 Å². The van der Waals surface area contributed by atoms with Crippen LogP contribution in [0.3, 0.4) is 0 Å². The zero-order chi connectivity index (χ0) is 34.2. The summed E-state index contributed by atoms with van der Waals surface area (Å²) in [4.78, 5) is 32.0. The minimum Gasteiger partial charge on any atom is -0.490 e. The lowest BCUT2D eigenvalue weighted by atomic mass is 9.97. The van der Waals surface area contributed by atoms with Crippen LogP contribution in [0.2, 0.25) is 0 Å². The molecule has 0 amide bonds. The highest BCUT2D eigenvalue weighted by molar-refractivity contribution is 7.07. The van der Waals surface area contributed by atoms with Gasteiger partial charge in [0.2, 0.25) is 0 Å². The first kappa shape index (κ1) is 34.2. The summed E-state index contributed by atoms with van der Waals surface area (Å²) in [6.45, 7) is 10.7. The van der Waals surface area contributed by atoms with Crippen LogP contribution in [-0.4, -0.2) is 37.5 Å². The molecule has 1 aromatic heterocycles. The van der Waals surface area contributed by atoms with Gasteiger partial charge in [-0.05, 0) is 74.7 Å². The molecule has 0 N–H and O–H groups in total. The zero-order valence-electron chi connectivity index (χ0n) is 27.3. The van der Waals surface area contributed by atoms with Crippen LogP contribution in [0, 0.1) is 5.82 Å². The third kappa shape index (κ3) is 7.21. The van der Waals surface area contributed by atoms with Gasteiger partial charge in [-0.2, -0.15) is 0 Å². The van der Waals surface area contributed by atoms with Crippen LogP contribution in [-0.2, 0) is 22.6 Å². The molecule has 48 heavy (non-hydrogen) atoms. The van der Waals surface area contributed by atoms with Crippen molar-refractivity contribution < 1.29 is 32.9 Å². The van der Waals surface area contributed by atoms with E-state index < -0.39 is 12.0 Å². The van der Waals surface area contributed by atoms with E-state index in [4.69, 9.17) is 23.7 Å². The number of rotatable bonds is 14. The first-order valence-corrected chi connectivity index (χ1v) is 16.4. The number of allylic oxidation sites excluding steroid dienone is 1. The van der Waals surface area contributed by atoms with Gasteiger partial charge in [0, 0.05) is 17.3 Å². The molecule has 5 rings (SSSR count). The quantitative estimate of drug-likeness (QED) is 0.126. The van der Waals surface area contributed by atoms with Crippen molar-refractivity contribution in [3.05, 3.63) is 127 Å². The van der Waals surface area contributed by atoms with Crippen LogP contribution in [0.4, 0.5) is 4.39 Å². The third-order valence-electron chi connectivity index (χ3n) is 7.45. The third-order valence-corrected chi connectivity index (χ3v) is 8.45. The topological polar surface area (TPSA) is 97.6 Å². The molecule has 11 heteroatoms. The van der Waals surface area contributed by atoms with Crippen LogP contribution in [0.5, 0.6) is 23.0 Å². The highest BCUT2D eigenvalue weighted by Crippen LogP contribution is 2.36. The van der Waals surface area contributed by atoms with Crippen LogP contribution in [0.25, 0.3) is 6.08 Å². The summed E-state index contributed by atoms with van der Waals surface area (Å²) in [5.41, 5.74) is 2.35. The minimum atomic E-state index is -0.824. The second kappa shape index (κ2) is 15.6. The van der Waals surface area contributed by atoms with Gasteiger partial charge in [-0.3, -0.25) is 9.36 Å². The minimum absolute atomic E-state index is 0.00786. The number of nitrogens with zero attached hydrogens (tertiary/aromatic N) is 2. The number of carbonyl (C=O) groups is 1. The summed E-state index contributed by atoms with van der Waals surface area (Å²) >= 11 is 1.20. The van der Waals surface area contributed by atoms with E-state index in [1.807, 2.05) is 26.8 Å². The van der Waals surface area contributed by atoms with E-state index in [0.717, 1.165) is 5.56 Å². The molecule has 1 aliphatic rings. The van der Waals surface area contributed by atoms with Crippen molar-refractivity contribution in [3.8, 4) is 23.0 Å². The molecule has 1 aliphatic heterocycles. The van der Waals surface area contributed by atoms with Gasteiger partial charge in [0.1, 0.15) is 12.4 Å². The maximum atomic E-state index is 14.3. The Hall–Kier alpha value is -5.16. The normalized spacial score (nSPS) is 14.0. The lowest BCUT2D eigenvalue weighted by Gasteiger charge is -2.23. The molecular weight excluding hydrogens is 635 g/mol. The Morgan fingerprint density at radius 1 is 0.958 bits per heavy atom. The summed E-state index contributed by atoms with van der Waals surface area (Å²) < 4.78 is 45.0. The summed E-state index contributed by atoms with van der Waals surface area (Å²) in [6, 6.07) is 14.6. The Kier molecular flexibility index (Phi) is 11.1. The number of esters is 1. The van der Waals surface area contributed by atoms with E-state index in [1.54, 1.807) is 54.6 Å². The predicted octanol–water partition coefficient (Wildman–Crippen LogP) is 5.66. The maximum Gasteiger partial charge on any atom is 0.337 e. The fourth-order valence-corrected chi connectivity index (χ4v) is 6.37. The highest BCUT2D eigenvalue weighted by Gasteiger charge is 2.31. The van der Waals surface area contributed by atoms with Crippen molar-refractivity contribution in [2.24, 2.45) is 4.99 Å². The number of ether oxygens (including phenoxy) is 5. The van der Waals surface area contributed by atoms with Gasteiger partial charge in [-0.15, -0.1) is 6.58 Å². The number of carbonyl (C=O) groups excluding carboxylic acids is 1. The van der Waals surface area contributed by atoms with Crippen molar-refractivity contribution in [1.82, 2.24) is 4.57 Å².